The summed E-state index contributed by atoms with van der Waals surface area (Å²) in [5.74, 6) is 1.05. The average molecular weight is 571 g/mol. The van der Waals surface area contributed by atoms with Crippen molar-refractivity contribution in [2.24, 2.45) is 5.10 Å². The molecule has 1 heterocycles. The van der Waals surface area contributed by atoms with E-state index in [0.717, 1.165) is 5.56 Å². The van der Waals surface area contributed by atoms with Gasteiger partial charge in [0.25, 0.3) is 5.91 Å². The van der Waals surface area contributed by atoms with E-state index >= 15 is 0 Å². The van der Waals surface area contributed by atoms with Crippen LogP contribution < -0.4 is 19.6 Å². The lowest BCUT2D eigenvalue weighted by Crippen LogP contribution is -2.23. The molecule has 0 bridgehead atoms. The van der Waals surface area contributed by atoms with Crippen molar-refractivity contribution < 1.29 is 28.5 Å². The Labute approximate surface area is 234 Å². The Hall–Kier alpha value is -4.28. The summed E-state index contributed by atoms with van der Waals surface area (Å²) >= 11 is 12.5. The molecule has 202 valence electrons. The maximum Gasteiger partial charge on any atom is 0.343 e. The van der Waals surface area contributed by atoms with E-state index in [2.05, 4.69) is 20.2 Å². The Morgan fingerprint density at radius 2 is 1.72 bits per heavy atom. The van der Waals surface area contributed by atoms with Crippen LogP contribution in [0.15, 0.2) is 59.7 Å². The number of carbonyl (C=O) groups excluding carboxylic acids is 2. The van der Waals surface area contributed by atoms with Gasteiger partial charge in [0.15, 0.2) is 18.1 Å². The van der Waals surface area contributed by atoms with Crippen molar-refractivity contribution in [3.05, 3.63) is 70.2 Å². The largest absolute Gasteiger partial charge is 0.497 e. The molecule has 0 radical (unpaired) electrons. The van der Waals surface area contributed by atoms with Crippen LogP contribution >= 0.6 is 23.2 Å². The van der Waals surface area contributed by atoms with Crippen LogP contribution in [0.2, 0.25) is 10.0 Å². The molecule has 0 aliphatic carbocycles. The molecule has 0 aliphatic rings. The summed E-state index contributed by atoms with van der Waals surface area (Å²) in [6, 6.07) is 15.6. The first-order chi connectivity index (χ1) is 18.8. The fourth-order valence-electron chi connectivity index (χ4n) is 3.68. The fourth-order valence-corrected chi connectivity index (χ4v) is 4.00. The summed E-state index contributed by atoms with van der Waals surface area (Å²) < 4.78 is 22.3. The molecule has 1 N–H and O–H groups in total. The number of esters is 1. The second-order valence-corrected chi connectivity index (χ2v) is 8.89. The van der Waals surface area contributed by atoms with Gasteiger partial charge in [0.05, 0.1) is 48.6 Å². The Morgan fingerprint density at radius 3 is 2.41 bits per heavy atom. The van der Waals surface area contributed by atoms with E-state index in [1.54, 1.807) is 54.1 Å². The van der Waals surface area contributed by atoms with Gasteiger partial charge in [-0.15, -0.1) is 0 Å². The van der Waals surface area contributed by atoms with Crippen LogP contribution in [-0.2, 0) is 20.9 Å². The van der Waals surface area contributed by atoms with Gasteiger partial charge in [-0.1, -0.05) is 23.2 Å². The molecule has 0 spiro atoms. The molecule has 12 heteroatoms. The molecule has 3 aromatic carbocycles. The molecule has 4 aromatic rings. The summed E-state index contributed by atoms with van der Waals surface area (Å²) in [6.07, 6.45) is 1.44. The molecular weight excluding hydrogens is 547 g/mol. The van der Waals surface area contributed by atoms with Gasteiger partial charge in [-0.3, -0.25) is 4.79 Å². The number of methoxy groups -OCH3 is 3. The Bertz CT molecular complexity index is 1540. The molecule has 0 fully saturated rings. The molecule has 0 saturated carbocycles. The zero-order chi connectivity index (χ0) is 27.9. The molecule has 0 atom stereocenters. The van der Waals surface area contributed by atoms with Crippen LogP contribution in [0.3, 0.4) is 0 Å². The summed E-state index contributed by atoms with van der Waals surface area (Å²) in [6.45, 7) is -0.377. The number of imidazole rings is 1. The number of amides is 1. The Morgan fingerprint density at radius 1 is 0.974 bits per heavy atom. The van der Waals surface area contributed by atoms with Crippen LogP contribution in [0.5, 0.6) is 17.2 Å². The number of fused-ring (bicyclic) bond motifs is 1. The fraction of sp³-hybridized carbons (Fsp3) is 0.185. The predicted molar refractivity (Wildman–Crippen MR) is 148 cm³/mol. The second-order valence-electron chi connectivity index (χ2n) is 8.07. The molecular formula is C27H24Cl2N4O6. The summed E-state index contributed by atoms with van der Waals surface area (Å²) in [4.78, 5) is 29.0. The highest BCUT2D eigenvalue weighted by molar-refractivity contribution is 6.42. The molecule has 10 nitrogen and oxygen atoms in total. The lowest BCUT2D eigenvalue weighted by molar-refractivity contribution is -0.142. The van der Waals surface area contributed by atoms with Crippen LogP contribution in [0.25, 0.3) is 22.4 Å². The number of hydrogen-bond donors (Lipinski definition) is 1. The minimum Gasteiger partial charge on any atom is -0.497 e. The van der Waals surface area contributed by atoms with Gasteiger partial charge in [-0.05, 0) is 60.2 Å². The number of benzene rings is 3. The van der Waals surface area contributed by atoms with Gasteiger partial charge in [0.2, 0.25) is 0 Å². The number of hydrazone groups is 1. The maximum absolute atomic E-state index is 12.9. The highest BCUT2D eigenvalue weighted by Crippen LogP contribution is 2.32. The number of nitrogens with zero attached hydrogens (tertiary/aromatic N) is 3. The van der Waals surface area contributed by atoms with Crippen molar-refractivity contribution >= 4 is 52.3 Å². The van der Waals surface area contributed by atoms with Crippen molar-refractivity contribution in [2.75, 3.05) is 27.9 Å². The summed E-state index contributed by atoms with van der Waals surface area (Å²) in [7, 11) is 4.33. The first-order valence-electron chi connectivity index (χ1n) is 11.5. The smallest absolute Gasteiger partial charge is 0.343 e. The number of halogens is 2. The maximum atomic E-state index is 12.9. The quantitative estimate of drug-likeness (QED) is 0.166. The monoisotopic (exact) mass is 570 g/mol. The molecule has 39 heavy (non-hydrogen) atoms. The topological polar surface area (TPSA) is 113 Å². The van der Waals surface area contributed by atoms with E-state index in [4.69, 9.17) is 37.4 Å². The van der Waals surface area contributed by atoms with Gasteiger partial charge in [0, 0.05) is 5.56 Å². The molecule has 0 aliphatic heterocycles. The number of rotatable bonds is 10. The number of carbonyl (C=O) groups is 2. The van der Waals surface area contributed by atoms with Crippen LogP contribution in [0.4, 0.5) is 0 Å². The van der Waals surface area contributed by atoms with Crippen LogP contribution in [0, 0.1) is 0 Å². The van der Waals surface area contributed by atoms with E-state index in [-0.39, 0.29) is 13.2 Å². The second kappa shape index (κ2) is 12.5. The van der Waals surface area contributed by atoms with Crippen molar-refractivity contribution in [1.82, 2.24) is 15.0 Å². The SMILES string of the molecule is COC(=O)COc1cc(C=NNC(=O)Cn2c(-c3ccc(OC)cc3)nc3cc(Cl)c(Cl)cc32)ccc1OC. The van der Waals surface area contributed by atoms with E-state index in [9.17, 15) is 9.59 Å². The molecule has 0 unspecified atom stereocenters. The van der Waals surface area contributed by atoms with Crippen LogP contribution in [0.1, 0.15) is 5.56 Å². The van der Waals surface area contributed by atoms with Gasteiger partial charge in [-0.2, -0.15) is 5.10 Å². The zero-order valence-electron chi connectivity index (χ0n) is 21.2. The average Bonchev–Trinajstić information content (AvgIpc) is 3.28. The predicted octanol–water partition coefficient (Wildman–Crippen LogP) is 4.73. The van der Waals surface area contributed by atoms with Crippen molar-refractivity contribution in [3.63, 3.8) is 0 Å². The van der Waals surface area contributed by atoms with Crippen molar-refractivity contribution in [3.8, 4) is 28.6 Å². The molecule has 1 aromatic heterocycles. The van der Waals surface area contributed by atoms with Gasteiger partial charge in [-0.25, -0.2) is 15.2 Å². The third-order valence-electron chi connectivity index (χ3n) is 5.60. The van der Waals surface area contributed by atoms with Gasteiger partial charge >= 0.3 is 5.97 Å². The highest BCUT2D eigenvalue weighted by atomic mass is 35.5. The number of hydrogen-bond acceptors (Lipinski definition) is 8. The van der Waals surface area contributed by atoms with Crippen molar-refractivity contribution in [2.45, 2.75) is 6.54 Å². The normalized spacial score (nSPS) is 11.0. The highest BCUT2D eigenvalue weighted by Gasteiger charge is 2.17. The standard InChI is InChI=1S/C27H24Cl2N4O6/c1-36-18-7-5-17(6-8-18)27-31-21-11-19(28)20(29)12-22(21)33(27)14-25(34)32-30-13-16-4-9-23(37-2)24(10-16)39-15-26(35)38-3/h4-13H,14-15H2,1-3H3,(H,32,34). The van der Waals surface area contributed by atoms with E-state index in [1.165, 1.54) is 20.4 Å². The molecule has 0 saturated heterocycles. The minimum atomic E-state index is -0.534. The van der Waals surface area contributed by atoms with E-state index < -0.39 is 11.9 Å². The number of aromatic nitrogens is 2. The van der Waals surface area contributed by atoms with Gasteiger partial charge < -0.3 is 23.5 Å². The third-order valence-corrected chi connectivity index (χ3v) is 6.33. The summed E-state index contributed by atoms with van der Waals surface area (Å²) in [5, 5.41) is 4.76. The van der Waals surface area contributed by atoms with Crippen LogP contribution in [-0.4, -0.2) is 55.6 Å². The Kier molecular flexibility index (Phi) is 8.90. The van der Waals surface area contributed by atoms with Crippen molar-refractivity contribution in [1.29, 1.82) is 0 Å². The Balaban J connectivity index is 1.55. The first-order valence-corrected chi connectivity index (χ1v) is 12.3. The molecule has 4 rings (SSSR count). The van der Waals surface area contributed by atoms with E-state index in [1.807, 2.05) is 12.1 Å². The number of ether oxygens (including phenoxy) is 4. The lowest BCUT2D eigenvalue weighted by Gasteiger charge is -2.10. The number of nitrogens with one attached hydrogen (secondary N) is 1. The molecule has 1 amide bonds. The van der Waals surface area contributed by atoms with Gasteiger partial charge in [0.1, 0.15) is 18.1 Å². The minimum absolute atomic E-state index is 0.0940. The lowest BCUT2D eigenvalue weighted by atomic mass is 10.2. The van der Waals surface area contributed by atoms with E-state index in [0.29, 0.717) is 49.7 Å². The third kappa shape index (κ3) is 6.60. The zero-order valence-corrected chi connectivity index (χ0v) is 22.7. The summed E-state index contributed by atoms with van der Waals surface area (Å²) in [5.41, 5.74) is 5.12. The first kappa shape index (κ1) is 27.7.